The number of ether oxygens (including phenoxy) is 1. The Morgan fingerprint density at radius 2 is 1.75 bits per heavy atom. The number of nitrogens with zero attached hydrogens (tertiary/aromatic N) is 1. The van der Waals surface area contributed by atoms with E-state index in [0.717, 1.165) is 32.3 Å². The normalized spacial score (nSPS) is 11.2. The third-order valence-electron chi connectivity index (χ3n) is 5.79. The van der Waals surface area contributed by atoms with Gasteiger partial charge in [0.15, 0.2) is 5.76 Å². The lowest BCUT2D eigenvalue weighted by Gasteiger charge is -2.15. The van der Waals surface area contributed by atoms with E-state index in [1.54, 1.807) is 12.3 Å². The second kappa shape index (κ2) is 10.6. The summed E-state index contributed by atoms with van der Waals surface area (Å²) in [5.41, 5.74) is 6.07. The smallest absolute Gasteiger partial charge is 0.307 e. The minimum absolute atomic E-state index is 0.207. The van der Waals surface area contributed by atoms with Crippen molar-refractivity contribution in [3.8, 4) is 5.75 Å². The van der Waals surface area contributed by atoms with Crippen LogP contribution in [0.25, 0.3) is 21.7 Å². The minimum atomic E-state index is -0.414. The molecular weight excluding hydrogens is 516 g/mol. The average molecular weight is 539 g/mol. The van der Waals surface area contributed by atoms with Gasteiger partial charge in [0.1, 0.15) is 17.9 Å². The summed E-state index contributed by atoms with van der Waals surface area (Å²) in [6, 6.07) is 27.5. The fourth-order valence-corrected chi connectivity index (χ4v) is 4.73. The number of furan rings is 1. The van der Waals surface area contributed by atoms with E-state index in [1.807, 2.05) is 60.7 Å². The Balaban J connectivity index is 1.32. The monoisotopic (exact) mass is 538 g/mol. The Bertz CT molecular complexity index is 1560. The molecule has 0 bridgehead atoms. The van der Waals surface area contributed by atoms with Crippen LogP contribution in [0.2, 0.25) is 0 Å². The molecule has 1 N–H and O–H groups in total. The number of amides is 1. The molecule has 5 nitrogen and oxygen atoms in total. The highest BCUT2D eigenvalue weighted by Gasteiger charge is 2.13. The molecule has 5 rings (SSSR count). The van der Waals surface area contributed by atoms with Crippen LogP contribution in [-0.2, 0) is 13.0 Å². The molecule has 0 aliphatic carbocycles. The van der Waals surface area contributed by atoms with Crippen LogP contribution in [0.4, 0.5) is 0 Å². The standard InChI is InChI=1S/C30H23BrN2O3/c1-2-8-23-15-20(18-32-33-30(34)28-17-22-10-4-6-14-27(22)36-28)16-26(31)29(23)35-19-24-12-7-11-21-9-3-5-13-25(21)24/h2-7,9-18H,1,8,19H2,(H,33,34)/b32-18+. The maximum absolute atomic E-state index is 12.4. The van der Waals surface area contributed by atoms with E-state index in [4.69, 9.17) is 9.15 Å². The first-order chi connectivity index (χ1) is 17.6. The molecule has 0 aliphatic heterocycles. The van der Waals surface area contributed by atoms with E-state index < -0.39 is 5.91 Å². The number of allylic oxidation sites excluding steroid dienone is 1. The molecule has 0 radical (unpaired) electrons. The fraction of sp³-hybridized carbons (Fsp3) is 0.0667. The summed E-state index contributed by atoms with van der Waals surface area (Å²) in [6.45, 7) is 4.32. The first kappa shape index (κ1) is 23.6. The predicted octanol–water partition coefficient (Wildman–Crippen LogP) is 7.42. The summed E-state index contributed by atoms with van der Waals surface area (Å²) in [4.78, 5) is 12.4. The molecule has 0 atom stereocenters. The van der Waals surface area contributed by atoms with Gasteiger partial charge in [-0.3, -0.25) is 4.79 Å². The molecule has 6 heteroatoms. The number of nitrogens with one attached hydrogen (secondary N) is 1. The Labute approximate surface area is 217 Å². The Hall–Kier alpha value is -4.16. The third kappa shape index (κ3) is 5.09. The SMILES string of the molecule is C=CCc1cc(/C=N/NC(=O)c2cc3ccccc3o2)cc(Br)c1OCc1cccc2ccccc12. The van der Waals surface area contributed by atoms with Crippen LogP contribution in [0, 0.1) is 0 Å². The first-order valence-electron chi connectivity index (χ1n) is 11.5. The molecule has 0 saturated carbocycles. The van der Waals surface area contributed by atoms with Crippen molar-refractivity contribution in [1.82, 2.24) is 5.43 Å². The largest absolute Gasteiger partial charge is 0.487 e. The Morgan fingerprint density at radius 1 is 0.972 bits per heavy atom. The van der Waals surface area contributed by atoms with Crippen molar-refractivity contribution in [2.75, 3.05) is 0 Å². The van der Waals surface area contributed by atoms with Crippen molar-refractivity contribution in [2.24, 2.45) is 5.10 Å². The van der Waals surface area contributed by atoms with Gasteiger partial charge in [-0.05, 0) is 74.1 Å². The zero-order chi connectivity index (χ0) is 24.9. The topological polar surface area (TPSA) is 63.8 Å². The van der Waals surface area contributed by atoms with Gasteiger partial charge in [-0.1, -0.05) is 66.7 Å². The predicted molar refractivity (Wildman–Crippen MR) is 148 cm³/mol. The van der Waals surface area contributed by atoms with Crippen LogP contribution in [0.3, 0.4) is 0 Å². The van der Waals surface area contributed by atoms with Gasteiger partial charge in [0.05, 0.1) is 10.7 Å². The summed E-state index contributed by atoms with van der Waals surface area (Å²) in [6.07, 6.45) is 4.04. The molecule has 178 valence electrons. The zero-order valence-electron chi connectivity index (χ0n) is 19.4. The number of rotatable bonds is 8. The highest BCUT2D eigenvalue weighted by molar-refractivity contribution is 9.10. The molecule has 1 heterocycles. The summed E-state index contributed by atoms with van der Waals surface area (Å²) in [5, 5.41) is 7.33. The Morgan fingerprint density at radius 3 is 2.58 bits per heavy atom. The van der Waals surface area contributed by atoms with E-state index in [1.165, 1.54) is 10.8 Å². The van der Waals surface area contributed by atoms with Crippen molar-refractivity contribution < 1.29 is 13.9 Å². The first-order valence-corrected chi connectivity index (χ1v) is 12.3. The van der Waals surface area contributed by atoms with Gasteiger partial charge in [-0.25, -0.2) is 5.43 Å². The van der Waals surface area contributed by atoms with Gasteiger partial charge < -0.3 is 9.15 Å². The minimum Gasteiger partial charge on any atom is -0.487 e. The van der Waals surface area contributed by atoms with Crippen molar-refractivity contribution >= 4 is 49.8 Å². The van der Waals surface area contributed by atoms with Crippen molar-refractivity contribution in [1.29, 1.82) is 0 Å². The summed E-state index contributed by atoms with van der Waals surface area (Å²) in [7, 11) is 0. The number of carbonyl (C=O) groups is 1. The molecule has 0 fully saturated rings. The number of benzene rings is 4. The highest BCUT2D eigenvalue weighted by Crippen LogP contribution is 2.32. The molecule has 0 saturated heterocycles. The molecular formula is C30H23BrN2O3. The number of para-hydroxylation sites is 1. The number of halogens is 1. The fourth-order valence-electron chi connectivity index (χ4n) is 4.10. The molecule has 1 amide bonds. The van der Waals surface area contributed by atoms with Gasteiger partial charge >= 0.3 is 5.91 Å². The van der Waals surface area contributed by atoms with E-state index in [2.05, 4.69) is 57.3 Å². The maximum Gasteiger partial charge on any atom is 0.307 e. The number of hydrogen-bond acceptors (Lipinski definition) is 4. The van der Waals surface area contributed by atoms with Crippen molar-refractivity contribution in [3.63, 3.8) is 0 Å². The lowest BCUT2D eigenvalue weighted by atomic mass is 10.0. The molecule has 0 unspecified atom stereocenters. The van der Waals surface area contributed by atoms with Crippen LogP contribution >= 0.6 is 15.9 Å². The molecule has 4 aromatic carbocycles. The summed E-state index contributed by atoms with van der Waals surface area (Å²) < 4.78 is 12.7. The van der Waals surface area contributed by atoms with Crippen LogP contribution in [0.15, 0.2) is 112 Å². The lowest BCUT2D eigenvalue weighted by Crippen LogP contribution is -2.16. The quantitative estimate of drug-likeness (QED) is 0.127. The molecule has 0 aliphatic rings. The average Bonchev–Trinajstić information content (AvgIpc) is 3.33. The summed E-state index contributed by atoms with van der Waals surface area (Å²) in [5.74, 6) is 0.549. The second-order valence-corrected chi connectivity index (χ2v) is 9.11. The van der Waals surface area contributed by atoms with Crippen LogP contribution in [0.5, 0.6) is 5.75 Å². The van der Waals surface area contributed by atoms with Crippen molar-refractivity contribution in [2.45, 2.75) is 13.0 Å². The number of carbonyl (C=O) groups excluding carboxylic acids is 1. The van der Waals surface area contributed by atoms with Gasteiger partial charge in [-0.2, -0.15) is 5.10 Å². The van der Waals surface area contributed by atoms with E-state index in [9.17, 15) is 4.79 Å². The van der Waals surface area contributed by atoms with E-state index in [0.29, 0.717) is 18.6 Å². The van der Waals surface area contributed by atoms with E-state index >= 15 is 0 Å². The van der Waals surface area contributed by atoms with Crippen LogP contribution in [0.1, 0.15) is 27.2 Å². The zero-order valence-corrected chi connectivity index (χ0v) is 21.0. The molecule has 0 spiro atoms. The maximum atomic E-state index is 12.4. The van der Waals surface area contributed by atoms with E-state index in [-0.39, 0.29) is 5.76 Å². The Kier molecular flexibility index (Phi) is 6.96. The second-order valence-electron chi connectivity index (χ2n) is 8.26. The summed E-state index contributed by atoms with van der Waals surface area (Å²) >= 11 is 3.65. The molecule has 36 heavy (non-hydrogen) atoms. The lowest BCUT2D eigenvalue weighted by molar-refractivity contribution is 0.0929. The van der Waals surface area contributed by atoms with Crippen LogP contribution in [-0.4, -0.2) is 12.1 Å². The van der Waals surface area contributed by atoms with Gasteiger partial charge in [0.2, 0.25) is 0 Å². The molecule has 5 aromatic rings. The van der Waals surface area contributed by atoms with Crippen molar-refractivity contribution in [3.05, 3.63) is 125 Å². The number of fused-ring (bicyclic) bond motifs is 2. The number of hydrazone groups is 1. The molecule has 1 aromatic heterocycles. The van der Waals surface area contributed by atoms with Gasteiger partial charge in [-0.15, -0.1) is 6.58 Å². The third-order valence-corrected chi connectivity index (χ3v) is 6.38. The van der Waals surface area contributed by atoms with Gasteiger partial charge in [0, 0.05) is 5.39 Å². The number of hydrogen-bond donors (Lipinski definition) is 1. The van der Waals surface area contributed by atoms with Crippen LogP contribution < -0.4 is 10.2 Å². The van der Waals surface area contributed by atoms with Gasteiger partial charge in [0.25, 0.3) is 0 Å². The highest BCUT2D eigenvalue weighted by atomic mass is 79.9.